The number of hydrogen-bond acceptors (Lipinski definition) is 5. The van der Waals surface area contributed by atoms with Crippen LogP contribution in [0, 0.1) is 0 Å². The lowest BCUT2D eigenvalue weighted by atomic mass is 10.0. The van der Waals surface area contributed by atoms with Gasteiger partial charge in [-0.2, -0.15) is 0 Å². The van der Waals surface area contributed by atoms with E-state index in [1.54, 1.807) is 0 Å². The first-order valence-electron chi connectivity index (χ1n) is 13.9. The Morgan fingerprint density at radius 3 is 1.89 bits per heavy atom. The lowest BCUT2D eigenvalue weighted by molar-refractivity contribution is -0.137. The topological polar surface area (TPSA) is 61.8 Å². The number of carbonyl (C=O) groups excluding carboxylic acids is 2. The quantitative estimate of drug-likeness (QED) is 0.108. The Kier molecular flexibility index (Phi) is 14.8. The van der Waals surface area contributed by atoms with Gasteiger partial charge >= 0.3 is 11.9 Å². The fourth-order valence-electron chi connectivity index (χ4n) is 4.07. The number of ether oxygens (including phenoxy) is 3. The molecule has 1 atom stereocenters. The predicted octanol–water partition coefficient (Wildman–Crippen LogP) is 8.32. The van der Waals surface area contributed by atoms with E-state index in [4.69, 9.17) is 14.2 Å². The van der Waals surface area contributed by atoms with Gasteiger partial charge < -0.3 is 14.2 Å². The van der Waals surface area contributed by atoms with Crippen LogP contribution in [-0.2, 0) is 14.3 Å². The first-order valence-corrected chi connectivity index (χ1v) is 13.9. The molecule has 0 aliphatic rings. The second-order valence-corrected chi connectivity index (χ2v) is 9.51. The molecule has 0 bridgehead atoms. The van der Waals surface area contributed by atoms with Crippen molar-refractivity contribution in [3.05, 3.63) is 66.7 Å². The summed E-state index contributed by atoms with van der Waals surface area (Å²) in [6, 6.07) is 15.7. The van der Waals surface area contributed by atoms with Crippen LogP contribution in [0.5, 0.6) is 5.75 Å². The molecule has 0 unspecified atom stereocenters. The number of esters is 2. The van der Waals surface area contributed by atoms with Gasteiger partial charge in [-0.1, -0.05) is 82.7 Å². The smallest absolute Gasteiger partial charge is 0.338 e. The van der Waals surface area contributed by atoms with Gasteiger partial charge in [-0.3, -0.25) is 0 Å². The van der Waals surface area contributed by atoms with Gasteiger partial charge in [0, 0.05) is 6.08 Å². The summed E-state index contributed by atoms with van der Waals surface area (Å²) in [7, 11) is 0. The van der Waals surface area contributed by atoms with Crippen LogP contribution in [0.1, 0.15) is 94.8 Å². The van der Waals surface area contributed by atoms with Crippen molar-refractivity contribution in [3.8, 4) is 16.9 Å². The van der Waals surface area contributed by atoms with Crippen molar-refractivity contribution in [3.63, 3.8) is 0 Å². The van der Waals surface area contributed by atoms with Crippen molar-refractivity contribution in [1.82, 2.24) is 0 Å². The number of hydrogen-bond donors (Lipinski definition) is 0. The average molecular weight is 509 g/mol. The Labute approximate surface area is 223 Å². The minimum atomic E-state index is -0.367. The molecule has 2 rings (SSSR count). The van der Waals surface area contributed by atoms with Crippen LogP contribution in [0.15, 0.2) is 61.2 Å². The lowest BCUT2D eigenvalue weighted by Crippen LogP contribution is -2.11. The lowest BCUT2D eigenvalue weighted by Gasteiger charge is -2.15. The third kappa shape index (κ3) is 12.6. The molecule has 202 valence electrons. The van der Waals surface area contributed by atoms with E-state index in [1.807, 2.05) is 36.4 Å². The van der Waals surface area contributed by atoms with Crippen LogP contribution in [0.25, 0.3) is 11.1 Å². The summed E-state index contributed by atoms with van der Waals surface area (Å²) in [6.45, 7) is 8.60. The van der Waals surface area contributed by atoms with Gasteiger partial charge in [0.15, 0.2) is 0 Å². The molecule has 0 radical (unpaired) electrons. The Balaban J connectivity index is 1.64. The van der Waals surface area contributed by atoms with Gasteiger partial charge in [0.05, 0.1) is 24.9 Å². The van der Waals surface area contributed by atoms with Gasteiger partial charge in [-0.05, 0) is 68.0 Å². The van der Waals surface area contributed by atoms with Crippen molar-refractivity contribution in [2.75, 3.05) is 13.2 Å². The Bertz CT molecular complexity index is 917. The molecule has 0 fully saturated rings. The fourth-order valence-corrected chi connectivity index (χ4v) is 4.07. The minimum Gasteiger partial charge on any atom is -0.491 e. The molecule has 0 saturated heterocycles. The molecule has 0 N–H and O–H groups in total. The zero-order valence-corrected chi connectivity index (χ0v) is 22.7. The Morgan fingerprint density at radius 1 is 0.757 bits per heavy atom. The second kappa shape index (κ2) is 18.2. The van der Waals surface area contributed by atoms with E-state index < -0.39 is 0 Å². The van der Waals surface area contributed by atoms with Gasteiger partial charge in [0.2, 0.25) is 0 Å². The van der Waals surface area contributed by atoms with Crippen LogP contribution in [-0.4, -0.2) is 31.3 Å². The molecule has 0 spiro atoms. The number of carbonyl (C=O) groups is 2. The maximum atomic E-state index is 12.4. The Hall–Kier alpha value is -3.08. The summed E-state index contributed by atoms with van der Waals surface area (Å²) in [5.74, 6) is 0.238. The summed E-state index contributed by atoms with van der Waals surface area (Å²) in [5.41, 5.74) is 2.70. The molecule has 2 aromatic carbocycles. The van der Waals surface area contributed by atoms with Crippen LogP contribution in [0.3, 0.4) is 0 Å². The third-order valence-electron chi connectivity index (χ3n) is 6.29. The molecular weight excluding hydrogens is 464 g/mol. The normalized spacial score (nSPS) is 11.5. The highest BCUT2D eigenvalue weighted by Gasteiger charge is 2.08. The number of rotatable bonds is 19. The SMILES string of the molecule is C=CC(=O)OCCCCCCCCOC(=O)c1ccc(-c2ccc(O[C@H](C)CCCCCC)cc2)cc1. The number of benzene rings is 2. The Morgan fingerprint density at radius 2 is 1.30 bits per heavy atom. The van der Waals surface area contributed by atoms with Gasteiger partial charge in [0.25, 0.3) is 0 Å². The van der Waals surface area contributed by atoms with E-state index >= 15 is 0 Å². The molecule has 0 heterocycles. The highest BCUT2D eigenvalue weighted by molar-refractivity contribution is 5.90. The molecule has 0 aliphatic carbocycles. The molecular formula is C32H44O5. The van der Waals surface area contributed by atoms with E-state index in [0.717, 1.165) is 61.8 Å². The van der Waals surface area contributed by atoms with E-state index in [0.29, 0.717) is 18.8 Å². The van der Waals surface area contributed by atoms with E-state index in [9.17, 15) is 9.59 Å². The monoisotopic (exact) mass is 508 g/mol. The molecule has 0 saturated carbocycles. The molecule has 37 heavy (non-hydrogen) atoms. The largest absolute Gasteiger partial charge is 0.491 e. The van der Waals surface area contributed by atoms with Crippen molar-refractivity contribution in [2.45, 2.75) is 90.6 Å². The molecule has 5 heteroatoms. The highest BCUT2D eigenvalue weighted by atomic mass is 16.5. The average Bonchev–Trinajstić information content (AvgIpc) is 2.92. The van der Waals surface area contributed by atoms with Crippen molar-refractivity contribution >= 4 is 11.9 Å². The van der Waals surface area contributed by atoms with Gasteiger partial charge in [0.1, 0.15) is 5.75 Å². The fraction of sp³-hybridized carbons (Fsp3) is 0.500. The van der Waals surface area contributed by atoms with Crippen LogP contribution >= 0.6 is 0 Å². The van der Waals surface area contributed by atoms with Crippen LogP contribution in [0.2, 0.25) is 0 Å². The van der Waals surface area contributed by atoms with E-state index in [1.165, 1.54) is 31.8 Å². The van der Waals surface area contributed by atoms with Crippen molar-refractivity contribution < 1.29 is 23.8 Å². The van der Waals surface area contributed by atoms with Crippen LogP contribution < -0.4 is 4.74 Å². The van der Waals surface area contributed by atoms with Gasteiger partial charge in [-0.25, -0.2) is 9.59 Å². The predicted molar refractivity (Wildman–Crippen MR) is 150 cm³/mol. The molecule has 0 aliphatic heterocycles. The van der Waals surface area contributed by atoms with E-state index in [-0.39, 0.29) is 18.0 Å². The van der Waals surface area contributed by atoms with Crippen molar-refractivity contribution in [2.24, 2.45) is 0 Å². The molecule has 0 aromatic heterocycles. The van der Waals surface area contributed by atoms with Crippen LogP contribution in [0.4, 0.5) is 0 Å². The maximum absolute atomic E-state index is 12.4. The summed E-state index contributed by atoms with van der Waals surface area (Å²) < 4.78 is 16.4. The van der Waals surface area contributed by atoms with Crippen molar-refractivity contribution in [1.29, 1.82) is 0 Å². The molecule has 2 aromatic rings. The maximum Gasteiger partial charge on any atom is 0.338 e. The standard InChI is InChI=1S/C32H44O5/c1-4-6-7-12-15-26(3)37-30-22-20-28(21-23-30)27-16-18-29(19-17-27)32(34)36-25-14-11-9-8-10-13-24-35-31(33)5-2/h5,16-23,26H,2,4,6-15,24-25H2,1,3H3/t26-/m1/s1. The summed E-state index contributed by atoms with van der Waals surface area (Å²) in [4.78, 5) is 23.3. The minimum absolute atomic E-state index is 0.216. The van der Waals surface area contributed by atoms with Gasteiger partial charge in [-0.15, -0.1) is 0 Å². The zero-order valence-electron chi connectivity index (χ0n) is 22.7. The highest BCUT2D eigenvalue weighted by Crippen LogP contribution is 2.24. The first kappa shape index (κ1) is 30.1. The summed E-state index contributed by atoms with van der Waals surface area (Å²) in [5, 5.41) is 0. The number of unbranched alkanes of at least 4 members (excludes halogenated alkanes) is 8. The zero-order chi connectivity index (χ0) is 26.7. The second-order valence-electron chi connectivity index (χ2n) is 9.51. The third-order valence-corrected chi connectivity index (χ3v) is 6.29. The molecule has 5 nitrogen and oxygen atoms in total. The van der Waals surface area contributed by atoms with E-state index in [2.05, 4.69) is 32.6 Å². The summed E-state index contributed by atoms with van der Waals surface area (Å²) >= 11 is 0. The summed E-state index contributed by atoms with van der Waals surface area (Å²) in [6.07, 6.45) is 13.4. The first-order chi connectivity index (χ1) is 18.0. The molecule has 0 amide bonds.